The lowest BCUT2D eigenvalue weighted by Gasteiger charge is -2.34. The summed E-state index contributed by atoms with van der Waals surface area (Å²) in [5.41, 5.74) is 12.1. The molecule has 0 bridgehead atoms. The molecular weight excluding hydrogens is 693 g/mol. The Hall–Kier alpha value is -5.75. The number of likely N-dealkylation sites (N-methyl/N-ethyl adjacent to an activating group) is 1. The van der Waals surface area contributed by atoms with Crippen LogP contribution in [0.5, 0.6) is 0 Å². The van der Waals surface area contributed by atoms with Crippen molar-refractivity contribution in [1.29, 1.82) is 0 Å². The lowest BCUT2D eigenvalue weighted by molar-refractivity contribution is -0.138. The summed E-state index contributed by atoms with van der Waals surface area (Å²) in [5, 5.41) is 0. The number of benzene rings is 3. The predicted octanol–water partition coefficient (Wildman–Crippen LogP) is 7.42. The van der Waals surface area contributed by atoms with Gasteiger partial charge in [-0.1, -0.05) is 92.7 Å². The van der Waals surface area contributed by atoms with Crippen LogP contribution in [0.1, 0.15) is 88.2 Å². The van der Waals surface area contributed by atoms with Crippen molar-refractivity contribution >= 4 is 17.9 Å². The van der Waals surface area contributed by atoms with Crippen molar-refractivity contribution in [3.8, 4) is 33.6 Å². The zero-order chi connectivity index (χ0) is 38.5. The van der Waals surface area contributed by atoms with Gasteiger partial charge in [0.2, 0.25) is 11.8 Å². The highest BCUT2D eigenvalue weighted by Crippen LogP contribution is 2.36. The molecule has 7 rings (SSSR count). The standard InChI is InChI=1S/C43H50N8O4/c1-4-49(5-2)39(33-11-7-6-8-12-33)42(53)51-24-10-14-37(51)41-46-27-35(48-41)32-21-17-30(18-22-32)29-15-19-31(20-16-29)34-26-45-40(47-34)36-13-9-23-50(36)38(52)25-28(3)55-43(44)54/h6-8,11-12,15-22,26-28,36-37,39H,4-5,9-10,13-14,23-25H2,1-3H3,(H2,44,54)(H,45,47)(H,46,48)/t28-,36-,37-,39+/m0/s1. The van der Waals surface area contributed by atoms with Crippen LogP contribution in [0.25, 0.3) is 33.6 Å². The number of nitrogens with one attached hydrogen (secondary N) is 2. The molecule has 12 heteroatoms. The van der Waals surface area contributed by atoms with E-state index in [2.05, 4.69) is 94.4 Å². The maximum Gasteiger partial charge on any atom is 0.404 e. The molecule has 5 aromatic rings. The van der Waals surface area contributed by atoms with Crippen LogP contribution in [0.2, 0.25) is 0 Å². The van der Waals surface area contributed by atoms with Gasteiger partial charge in [-0.15, -0.1) is 0 Å². The van der Waals surface area contributed by atoms with Gasteiger partial charge in [-0.3, -0.25) is 14.5 Å². The molecule has 286 valence electrons. The molecule has 55 heavy (non-hydrogen) atoms. The number of primary amides is 1. The smallest absolute Gasteiger partial charge is 0.404 e. The fourth-order valence-corrected chi connectivity index (χ4v) is 8.15. The molecule has 0 saturated carbocycles. The molecule has 4 atom stereocenters. The number of hydrogen-bond donors (Lipinski definition) is 3. The average Bonchev–Trinajstić information content (AvgIpc) is 4.03. The molecule has 0 unspecified atom stereocenters. The highest BCUT2D eigenvalue weighted by Gasteiger charge is 2.38. The van der Waals surface area contributed by atoms with Gasteiger partial charge in [0.25, 0.3) is 0 Å². The normalized spacial score (nSPS) is 18.1. The van der Waals surface area contributed by atoms with Crippen molar-refractivity contribution in [2.24, 2.45) is 5.73 Å². The first-order valence-corrected chi connectivity index (χ1v) is 19.4. The molecule has 0 spiro atoms. The zero-order valence-corrected chi connectivity index (χ0v) is 31.8. The van der Waals surface area contributed by atoms with Crippen LogP contribution in [0.15, 0.2) is 91.3 Å². The Morgan fingerprint density at radius 2 is 1.25 bits per heavy atom. The Bertz CT molecular complexity index is 2070. The highest BCUT2D eigenvalue weighted by molar-refractivity contribution is 5.84. The second-order valence-corrected chi connectivity index (χ2v) is 14.4. The minimum Gasteiger partial charge on any atom is -0.446 e. The molecule has 2 aliphatic rings. The molecule has 12 nitrogen and oxygen atoms in total. The maximum atomic E-state index is 14.2. The van der Waals surface area contributed by atoms with E-state index in [0.29, 0.717) is 6.54 Å². The van der Waals surface area contributed by atoms with E-state index in [0.717, 1.165) is 96.2 Å². The first-order chi connectivity index (χ1) is 26.7. The largest absolute Gasteiger partial charge is 0.446 e. The number of ether oxygens (including phenoxy) is 1. The van der Waals surface area contributed by atoms with Gasteiger partial charge in [-0.2, -0.15) is 0 Å². The van der Waals surface area contributed by atoms with Gasteiger partial charge in [0, 0.05) is 13.1 Å². The van der Waals surface area contributed by atoms with Crippen molar-refractivity contribution in [3.05, 3.63) is 108 Å². The minimum atomic E-state index is -0.883. The topological polar surface area (TPSA) is 154 Å². The molecule has 0 aliphatic carbocycles. The van der Waals surface area contributed by atoms with Gasteiger partial charge in [0.05, 0.1) is 42.3 Å². The summed E-state index contributed by atoms with van der Waals surface area (Å²) in [5.74, 6) is 1.61. The monoisotopic (exact) mass is 742 g/mol. The molecule has 2 fully saturated rings. The Labute approximate surface area is 322 Å². The maximum absolute atomic E-state index is 14.2. The summed E-state index contributed by atoms with van der Waals surface area (Å²) in [4.78, 5) is 60.8. The number of aromatic nitrogens is 4. The van der Waals surface area contributed by atoms with E-state index < -0.39 is 12.2 Å². The number of rotatable bonds is 13. The first-order valence-electron chi connectivity index (χ1n) is 19.4. The lowest BCUT2D eigenvalue weighted by atomic mass is 10.0. The summed E-state index contributed by atoms with van der Waals surface area (Å²) in [6.45, 7) is 8.81. The number of carbonyl (C=O) groups is 3. The summed E-state index contributed by atoms with van der Waals surface area (Å²) in [7, 11) is 0. The number of H-pyrrole nitrogens is 2. The fraction of sp³-hybridized carbons (Fsp3) is 0.372. The van der Waals surface area contributed by atoms with Crippen molar-refractivity contribution < 1.29 is 19.1 Å². The van der Waals surface area contributed by atoms with E-state index in [-0.39, 0.29) is 36.4 Å². The Morgan fingerprint density at radius 1 is 0.764 bits per heavy atom. The Morgan fingerprint density at radius 3 is 1.76 bits per heavy atom. The van der Waals surface area contributed by atoms with Crippen LogP contribution in [-0.2, 0) is 14.3 Å². The summed E-state index contributed by atoms with van der Waals surface area (Å²) >= 11 is 0. The molecule has 3 aromatic carbocycles. The van der Waals surface area contributed by atoms with E-state index >= 15 is 0 Å². The van der Waals surface area contributed by atoms with Gasteiger partial charge < -0.3 is 30.2 Å². The third-order valence-corrected chi connectivity index (χ3v) is 11.0. The third-order valence-electron chi connectivity index (χ3n) is 11.0. The molecule has 3 amide bonds. The zero-order valence-electron chi connectivity index (χ0n) is 31.8. The van der Waals surface area contributed by atoms with Crippen molar-refractivity contribution in [2.45, 2.75) is 77.1 Å². The number of nitrogens with zero attached hydrogens (tertiary/aromatic N) is 5. The summed E-state index contributed by atoms with van der Waals surface area (Å²) in [6, 6.07) is 26.3. The van der Waals surface area contributed by atoms with Gasteiger partial charge in [0.15, 0.2) is 0 Å². The third kappa shape index (κ3) is 8.19. The SMILES string of the molecule is CCN(CC)[C@@H](C(=O)N1CCC[C@H]1c1ncc(-c2ccc(-c3ccc(-c4cnc([C@@H]5CCCN5C(=O)C[C@H](C)OC(N)=O)[nH]4)cc3)cc2)[nH]1)c1ccccc1. The van der Waals surface area contributed by atoms with Crippen LogP contribution in [0.3, 0.4) is 0 Å². The van der Waals surface area contributed by atoms with Crippen molar-refractivity contribution in [2.75, 3.05) is 26.2 Å². The number of aromatic amines is 2. The molecule has 2 aliphatic heterocycles. The molecule has 2 aromatic heterocycles. The molecule has 4 heterocycles. The highest BCUT2D eigenvalue weighted by atomic mass is 16.6. The summed E-state index contributed by atoms with van der Waals surface area (Å²) in [6.07, 6.45) is 5.79. The quantitative estimate of drug-likeness (QED) is 0.114. The van der Waals surface area contributed by atoms with E-state index in [1.54, 1.807) is 11.8 Å². The lowest BCUT2D eigenvalue weighted by Crippen LogP contribution is -2.43. The van der Waals surface area contributed by atoms with Crippen LogP contribution in [0, 0.1) is 0 Å². The van der Waals surface area contributed by atoms with Crippen LogP contribution in [-0.4, -0.2) is 84.8 Å². The van der Waals surface area contributed by atoms with Crippen molar-refractivity contribution in [1.82, 2.24) is 34.6 Å². The van der Waals surface area contributed by atoms with E-state index in [4.69, 9.17) is 15.5 Å². The molecular formula is C43H50N8O4. The first kappa shape index (κ1) is 37.6. The number of imidazole rings is 2. The van der Waals surface area contributed by atoms with E-state index in [1.165, 1.54) is 0 Å². The predicted molar refractivity (Wildman–Crippen MR) is 211 cm³/mol. The number of amides is 3. The molecule has 0 radical (unpaired) electrons. The van der Waals surface area contributed by atoms with Crippen molar-refractivity contribution in [3.63, 3.8) is 0 Å². The number of carbonyl (C=O) groups excluding carboxylic acids is 3. The van der Waals surface area contributed by atoms with Gasteiger partial charge in [0.1, 0.15) is 23.8 Å². The van der Waals surface area contributed by atoms with E-state index in [9.17, 15) is 14.4 Å². The van der Waals surface area contributed by atoms with Crippen LogP contribution in [0.4, 0.5) is 4.79 Å². The van der Waals surface area contributed by atoms with Gasteiger partial charge in [-0.25, -0.2) is 14.8 Å². The number of likely N-dealkylation sites (tertiary alicyclic amines) is 2. The Balaban J connectivity index is 1.00. The fourth-order valence-electron chi connectivity index (χ4n) is 8.15. The minimum absolute atomic E-state index is 0.0765. The second-order valence-electron chi connectivity index (χ2n) is 14.4. The van der Waals surface area contributed by atoms with E-state index in [1.807, 2.05) is 35.5 Å². The molecule has 2 saturated heterocycles. The number of nitrogens with two attached hydrogens (primary N) is 1. The molecule has 4 N–H and O–H groups in total. The number of hydrogen-bond acceptors (Lipinski definition) is 7. The summed E-state index contributed by atoms with van der Waals surface area (Å²) < 4.78 is 4.96. The Kier molecular flexibility index (Phi) is 11.4. The van der Waals surface area contributed by atoms with Gasteiger partial charge in [-0.05, 0) is 73.5 Å². The van der Waals surface area contributed by atoms with Crippen LogP contribution >= 0.6 is 0 Å². The second kappa shape index (κ2) is 16.7. The van der Waals surface area contributed by atoms with Gasteiger partial charge >= 0.3 is 6.09 Å². The average molecular weight is 743 g/mol. The van der Waals surface area contributed by atoms with Crippen LogP contribution < -0.4 is 5.73 Å².